The molecule has 1 aliphatic heterocycles. The van der Waals surface area contributed by atoms with Gasteiger partial charge in [0.05, 0.1) is 0 Å². The number of hydrogen-bond donors (Lipinski definition) is 0. The average molecular weight is 330 g/mol. The molecule has 1 aromatic heterocycles. The summed E-state index contributed by atoms with van der Waals surface area (Å²) in [6, 6.07) is 22.7. The summed E-state index contributed by atoms with van der Waals surface area (Å²) >= 11 is 0. The number of aromatic nitrogens is 1. The molecule has 0 amide bonds. The minimum Gasteiger partial charge on any atom is -0.489 e. The molecule has 0 unspecified atom stereocenters. The Hall–Kier alpha value is -2.81. The van der Waals surface area contributed by atoms with Crippen LogP contribution in [-0.2, 0) is 12.0 Å². The fraction of sp³-hybridized carbons (Fsp3) is 0.227. The monoisotopic (exact) mass is 330 g/mol. The number of hydrogen-bond acceptors (Lipinski definition) is 3. The van der Waals surface area contributed by atoms with E-state index in [1.54, 1.807) is 0 Å². The molecule has 0 atom stereocenters. The maximum Gasteiger partial charge on any atom is 0.136 e. The van der Waals surface area contributed by atoms with Gasteiger partial charge in [0.15, 0.2) is 0 Å². The molecule has 2 aromatic carbocycles. The summed E-state index contributed by atoms with van der Waals surface area (Å²) in [4.78, 5) is 6.89. The van der Waals surface area contributed by atoms with E-state index < -0.39 is 0 Å². The lowest BCUT2D eigenvalue weighted by Gasteiger charge is -2.22. The zero-order valence-corrected chi connectivity index (χ0v) is 14.6. The van der Waals surface area contributed by atoms with Crippen molar-refractivity contribution in [3.05, 3.63) is 84.1 Å². The van der Waals surface area contributed by atoms with Crippen LogP contribution in [0.5, 0.6) is 5.75 Å². The van der Waals surface area contributed by atoms with Gasteiger partial charge in [0.1, 0.15) is 18.2 Å². The number of ether oxygens (including phenoxy) is 1. The van der Waals surface area contributed by atoms with Crippen LogP contribution >= 0.6 is 0 Å². The summed E-state index contributed by atoms with van der Waals surface area (Å²) in [5, 5.41) is 0. The molecule has 0 saturated carbocycles. The van der Waals surface area contributed by atoms with E-state index in [1.165, 1.54) is 11.1 Å². The second-order valence-corrected chi connectivity index (χ2v) is 7.11. The number of nitrogens with zero attached hydrogens (tertiary/aromatic N) is 2. The highest BCUT2D eigenvalue weighted by molar-refractivity contribution is 5.69. The molecule has 3 heteroatoms. The van der Waals surface area contributed by atoms with E-state index in [2.05, 4.69) is 54.1 Å². The summed E-state index contributed by atoms with van der Waals surface area (Å²) < 4.78 is 5.89. The van der Waals surface area contributed by atoms with Gasteiger partial charge in [-0.3, -0.25) is 0 Å². The summed E-state index contributed by atoms with van der Waals surface area (Å²) in [5.74, 6) is 1.94. The summed E-state index contributed by atoms with van der Waals surface area (Å²) in [6.07, 6.45) is 1.87. The highest BCUT2D eigenvalue weighted by atomic mass is 16.5. The van der Waals surface area contributed by atoms with E-state index in [4.69, 9.17) is 4.74 Å². The van der Waals surface area contributed by atoms with E-state index in [1.807, 2.05) is 42.6 Å². The van der Waals surface area contributed by atoms with Crippen LogP contribution in [0, 0.1) is 0 Å². The number of pyridine rings is 1. The molecule has 126 valence electrons. The Morgan fingerprint density at radius 1 is 0.960 bits per heavy atom. The van der Waals surface area contributed by atoms with E-state index in [0.29, 0.717) is 6.61 Å². The average Bonchev–Trinajstić information content (AvgIpc) is 2.93. The predicted octanol–water partition coefficient (Wildman–Crippen LogP) is 5.09. The lowest BCUT2D eigenvalue weighted by atomic mass is 9.88. The smallest absolute Gasteiger partial charge is 0.136 e. The van der Waals surface area contributed by atoms with Crippen LogP contribution in [0.3, 0.4) is 0 Å². The largest absolute Gasteiger partial charge is 0.489 e. The summed E-state index contributed by atoms with van der Waals surface area (Å²) in [7, 11) is 0. The second-order valence-electron chi connectivity index (χ2n) is 7.11. The van der Waals surface area contributed by atoms with Crippen LogP contribution in [0.4, 0.5) is 11.5 Å². The fourth-order valence-corrected chi connectivity index (χ4v) is 3.37. The number of benzene rings is 2. The molecule has 2 heterocycles. The molecule has 25 heavy (non-hydrogen) atoms. The van der Waals surface area contributed by atoms with Crippen molar-refractivity contribution < 1.29 is 4.74 Å². The predicted molar refractivity (Wildman–Crippen MR) is 101 cm³/mol. The van der Waals surface area contributed by atoms with Crippen molar-refractivity contribution in [2.75, 3.05) is 11.4 Å². The molecular weight excluding hydrogens is 308 g/mol. The van der Waals surface area contributed by atoms with Crippen molar-refractivity contribution >= 4 is 11.5 Å². The SMILES string of the molecule is CC1(C)CN(c2ccc(OCc3ccccc3)cc2)c2ncccc21. The van der Waals surface area contributed by atoms with Gasteiger partial charge in [0, 0.05) is 29.4 Å². The van der Waals surface area contributed by atoms with Gasteiger partial charge in [-0.25, -0.2) is 4.98 Å². The zero-order chi connectivity index (χ0) is 17.3. The van der Waals surface area contributed by atoms with Crippen molar-refractivity contribution in [1.29, 1.82) is 0 Å². The molecule has 0 spiro atoms. The molecule has 0 N–H and O–H groups in total. The molecular formula is C22H22N2O. The Balaban J connectivity index is 1.51. The second kappa shape index (κ2) is 6.25. The third-order valence-corrected chi connectivity index (χ3v) is 4.72. The Morgan fingerprint density at radius 2 is 1.72 bits per heavy atom. The van der Waals surface area contributed by atoms with Gasteiger partial charge in [-0.1, -0.05) is 50.2 Å². The Labute approximate surface area is 148 Å². The topological polar surface area (TPSA) is 25.4 Å². The van der Waals surface area contributed by atoms with Crippen molar-refractivity contribution in [2.24, 2.45) is 0 Å². The van der Waals surface area contributed by atoms with E-state index >= 15 is 0 Å². The van der Waals surface area contributed by atoms with Crippen molar-refractivity contribution in [3.8, 4) is 5.75 Å². The van der Waals surface area contributed by atoms with Crippen LogP contribution in [0.2, 0.25) is 0 Å². The standard InChI is InChI=1S/C22H22N2O/c1-22(2)16-24(21-20(22)9-6-14-23-21)18-10-12-19(13-11-18)25-15-17-7-4-3-5-8-17/h3-14H,15-16H2,1-2H3. The minimum atomic E-state index is 0.103. The van der Waals surface area contributed by atoms with Gasteiger partial charge < -0.3 is 9.64 Å². The van der Waals surface area contributed by atoms with Gasteiger partial charge >= 0.3 is 0 Å². The lowest BCUT2D eigenvalue weighted by Crippen LogP contribution is -2.25. The first-order valence-electron chi connectivity index (χ1n) is 8.63. The minimum absolute atomic E-state index is 0.103. The van der Waals surface area contributed by atoms with Crippen LogP contribution in [0.1, 0.15) is 25.0 Å². The first-order chi connectivity index (χ1) is 12.1. The van der Waals surface area contributed by atoms with Crippen LogP contribution < -0.4 is 9.64 Å². The van der Waals surface area contributed by atoms with Gasteiger partial charge in [0.25, 0.3) is 0 Å². The van der Waals surface area contributed by atoms with E-state index in [-0.39, 0.29) is 5.41 Å². The third kappa shape index (κ3) is 3.10. The maximum atomic E-state index is 5.89. The van der Waals surface area contributed by atoms with Crippen molar-refractivity contribution in [1.82, 2.24) is 4.98 Å². The van der Waals surface area contributed by atoms with Gasteiger partial charge in [-0.05, 0) is 35.9 Å². The highest BCUT2D eigenvalue weighted by Crippen LogP contribution is 2.42. The fourth-order valence-electron chi connectivity index (χ4n) is 3.37. The van der Waals surface area contributed by atoms with Crippen LogP contribution in [0.25, 0.3) is 0 Å². The quantitative estimate of drug-likeness (QED) is 0.666. The van der Waals surface area contributed by atoms with Gasteiger partial charge in [-0.15, -0.1) is 0 Å². The van der Waals surface area contributed by atoms with Crippen molar-refractivity contribution in [3.63, 3.8) is 0 Å². The molecule has 0 fully saturated rings. The molecule has 3 nitrogen and oxygen atoms in total. The maximum absolute atomic E-state index is 5.89. The van der Waals surface area contributed by atoms with Gasteiger partial charge in [0.2, 0.25) is 0 Å². The molecule has 0 saturated heterocycles. The highest BCUT2D eigenvalue weighted by Gasteiger charge is 2.36. The van der Waals surface area contributed by atoms with Gasteiger partial charge in [-0.2, -0.15) is 0 Å². The molecule has 4 rings (SSSR count). The number of anilines is 2. The molecule has 0 radical (unpaired) electrons. The Morgan fingerprint density at radius 3 is 2.48 bits per heavy atom. The third-order valence-electron chi connectivity index (χ3n) is 4.72. The summed E-state index contributed by atoms with van der Waals surface area (Å²) in [5.41, 5.74) is 3.73. The molecule has 1 aliphatic rings. The number of fused-ring (bicyclic) bond motifs is 1. The Bertz CT molecular complexity index is 857. The molecule has 0 bridgehead atoms. The molecule has 3 aromatic rings. The first-order valence-corrected chi connectivity index (χ1v) is 8.63. The zero-order valence-electron chi connectivity index (χ0n) is 14.6. The summed E-state index contributed by atoms with van der Waals surface area (Å²) in [6.45, 7) is 6.06. The number of rotatable bonds is 4. The normalized spacial score (nSPS) is 15.0. The first kappa shape index (κ1) is 15.7. The Kier molecular flexibility index (Phi) is 3.92. The van der Waals surface area contributed by atoms with E-state index in [0.717, 1.165) is 23.8 Å². The molecule has 0 aliphatic carbocycles. The van der Waals surface area contributed by atoms with Crippen LogP contribution in [0.15, 0.2) is 72.9 Å². The van der Waals surface area contributed by atoms with Crippen molar-refractivity contribution in [2.45, 2.75) is 25.9 Å². The van der Waals surface area contributed by atoms with Crippen LogP contribution in [-0.4, -0.2) is 11.5 Å². The lowest BCUT2D eigenvalue weighted by molar-refractivity contribution is 0.306. The van der Waals surface area contributed by atoms with E-state index in [9.17, 15) is 0 Å².